The summed E-state index contributed by atoms with van der Waals surface area (Å²) >= 11 is 7.42. The molecule has 0 radical (unpaired) electrons. The van der Waals surface area contributed by atoms with Crippen LogP contribution >= 0.6 is 23.4 Å². The highest BCUT2D eigenvalue weighted by Gasteiger charge is 2.13. The highest BCUT2D eigenvalue weighted by atomic mass is 35.5. The van der Waals surface area contributed by atoms with E-state index in [1.807, 2.05) is 31.2 Å². The maximum atomic E-state index is 12.1. The molecular formula is C15H16ClNO2S2. The fraction of sp³-hybridized carbons (Fsp3) is 0.200. The number of benzene rings is 2. The van der Waals surface area contributed by atoms with E-state index in [9.17, 15) is 8.42 Å². The molecule has 0 amide bonds. The molecule has 6 heteroatoms. The number of thioether (sulfide) groups is 1. The minimum absolute atomic E-state index is 0.190. The van der Waals surface area contributed by atoms with Gasteiger partial charge >= 0.3 is 0 Å². The lowest BCUT2D eigenvalue weighted by atomic mass is 10.2. The van der Waals surface area contributed by atoms with Crippen LogP contribution in [0.1, 0.15) is 5.56 Å². The molecular weight excluding hydrogens is 326 g/mol. The quantitative estimate of drug-likeness (QED) is 0.643. The Bertz CT molecular complexity index is 700. The van der Waals surface area contributed by atoms with Crippen LogP contribution in [0, 0.1) is 6.92 Å². The molecule has 0 saturated heterocycles. The topological polar surface area (TPSA) is 46.2 Å². The number of hydrogen-bond donors (Lipinski definition) is 1. The van der Waals surface area contributed by atoms with E-state index in [0.29, 0.717) is 17.3 Å². The normalized spacial score (nSPS) is 11.5. The first-order valence-electron chi connectivity index (χ1n) is 6.42. The molecule has 0 heterocycles. The molecule has 0 unspecified atom stereocenters. The van der Waals surface area contributed by atoms with Gasteiger partial charge in [-0.2, -0.15) is 0 Å². The van der Waals surface area contributed by atoms with Gasteiger partial charge < -0.3 is 0 Å². The minimum Gasteiger partial charge on any atom is -0.210 e. The highest BCUT2D eigenvalue weighted by molar-refractivity contribution is 7.99. The van der Waals surface area contributed by atoms with Crippen LogP contribution in [0.15, 0.2) is 58.3 Å². The van der Waals surface area contributed by atoms with Gasteiger partial charge in [-0.1, -0.05) is 35.4 Å². The zero-order valence-corrected chi connectivity index (χ0v) is 13.9. The third kappa shape index (κ3) is 5.04. The van der Waals surface area contributed by atoms with Crippen molar-refractivity contribution < 1.29 is 8.42 Å². The van der Waals surface area contributed by atoms with Crippen molar-refractivity contribution in [3.8, 4) is 0 Å². The lowest BCUT2D eigenvalue weighted by Crippen LogP contribution is -2.26. The van der Waals surface area contributed by atoms with E-state index in [2.05, 4.69) is 4.72 Å². The molecule has 0 fully saturated rings. The summed E-state index contributed by atoms with van der Waals surface area (Å²) in [5, 5.41) is 0.409. The lowest BCUT2D eigenvalue weighted by Gasteiger charge is -2.07. The summed E-state index contributed by atoms with van der Waals surface area (Å²) in [6.07, 6.45) is 0. The van der Waals surface area contributed by atoms with Crippen LogP contribution < -0.4 is 4.72 Å². The summed E-state index contributed by atoms with van der Waals surface area (Å²) in [5.41, 5.74) is 1.21. The zero-order valence-electron chi connectivity index (χ0n) is 11.5. The van der Waals surface area contributed by atoms with Crippen LogP contribution in [0.4, 0.5) is 0 Å². The number of sulfonamides is 1. The van der Waals surface area contributed by atoms with Crippen molar-refractivity contribution in [2.45, 2.75) is 16.7 Å². The molecule has 2 rings (SSSR count). The Morgan fingerprint density at radius 2 is 1.86 bits per heavy atom. The monoisotopic (exact) mass is 341 g/mol. The second kappa shape index (κ2) is 7.31. The molecule has 3 nitrogen and oxygen atoms in total. The van der Waals surface area contributed by atoms with Gasteiger partial charge in [0, 0.05) is 22.2 Å². The second-order valence-corrected chi connectivity index (χ2v) is 7.89. The Balaban J connectivity index is 1.86. The zero-order chi connectivity index (χ0) is 15.3. The third-order valence-corrected chi connectivity index (χ3v) is 5.50. The van der Waals surface area contributed by atoms with Gasteiger partial charge in [-0.25, -0.2) is 13.1 Å². The molecule has 0 bridgehead atoms. The molecule has 0 aliphatic heterocycles. The number of halogens is 1. The van der Waals surface area contributed by atoms with Crippen LogP contribution in [0.5, 0.6) is 0 Å². The van der Waals surface area contributed by atoms with E-state index < -0.39 is 10.0 Å². The Morgan fingerprint density at radius 3 is 2.52 bits per heavy atom. The third-order valence-electron chi connectivity index (χ3n) is 2.79. The minimum atomic E-state index is -3.49. The first-order valence-corrected chi connectivity index (χ1v) is 9.27. The first kappa shape index (κ1) is 16.4. The predicted octanol–water partition coefficient (Wildman–Crippen LogP) is 3.72. The molecule has 0 spiro atoms. The molecule has 0 aliphatic carbocycles. The summed E-state index contributed by atoms with van der Waals surface area (Å²) in [4.78, 5) is 1.32. The van der Waals surface area contributed by atoms with Gasteiger partial charge in [0.2, 0.25) is 10.0 Å². The number of hydrogen-bond acceptors (Lipinski definition) is 3. The smallest absolute Gasteiger partial charge is 0.210 e. The van der Waals surface area contributed by atoms with Crippen LogP contribution in [-0.4, -0.2) is 20.7 Å². The molecule has 21 heavy (non-hydrogen) atoms. The fourth-order valence-electron chi connectivity index (χ4n) is 1.70. The van der Waals surface area contributed by atoms with Crippen LogP contribution in [0.25, 0.3) is 0 Å². The summed E-state index contributed by atoms with van der Waals surface area (Å²) in [7, 11) is -3.49. The number of rotatable bonds is 6. The largest absolute Gasteiger partial charge is 0.240 e. The fourth-order valence-corrected chi connectivity index (χ4v) is 3.93. The lowest BCUT2D eigenvalue weighted by molar-refractivity contribution is 0.584. The van der Waals surface area contributed by atoms with Crippen molar-refractivity contribution in [2.24, 2.45) is 0 Å². The van der Waals surface area contributed by atoms with Crippen molar-refractivity contribution in [3.63, 3.8) is 0 Å². The van der Waals surface area contributed by atoms with Crippen LogP contribution in [0.2, 0.25) is 5.02 Å². The van der Waals surface area contributed by atoms with Crippen molar-refractivity contribution in [1.29, 1.82) is 0 Å². The average molecular weight is 342 g/mol. The van der Waals surface area contributed by atoms with E-state index in [0.717, 1.165) is 4.90 Å². The van der Waals surface area contributed by atoms with Crippen molar-refractivity contribution >= 4 is 33.4 Å². The molecule has 112 valence electrons. The molecule has 1 N–H and O–H groups in total. The Hall–Kier alpha value is -1.01. The molecule has 2 aromatic carbocycles. The Morgan fingerprint density at radius 1 is 1.14 bits per heavy atom. The molecule has 0 aromatic heterocycles. The van der Waals surface area contributed by atoms with Crippen LogP contribution in [-0.2, 0) is 10.0 Å². The van der Waals surface area contributed by atoms with Gasteiger partial charge in [-0.15, -0.1) is 11.8 Å². The maximum Gasteiger partial charge on any atom is 0.240 e. The number of nitrogens with one attached hydrogen (secondary N) is 1. The Kier molecular flexibility index (Phi) is 5.70. The Labute approximate surface area is 134 Å². The highest BCUT2D eigenvalue weighted by Crippen LogP contribution is 2.18. The van der Waals surface area contributed by atoms with Gasteiger partial charge in [-0.3, -0.25) is 0 Å². The van der Waals surface area contributed by atoms with E-state index >= 15 is 0 Å². The molecule has 0 saturated carbocycles. The van der Waals surface area contributed by atoms with E-state index in [1.165, 1.54) is 17.7 Å². The standard InChI is InChI=1S/C15H16ClNO2S2/c1-12-5-7-14(8-6-12)20-10-9-17-21(18,19)15-4-2-3-13(16)11-15/h2-8,11,17H,9-10H2,1H3. The van der Waals surface area contributed by atoms with E-state index in [-0.39, 0.29) is 4.90 Å². The van der Waals surface area contributed by atoms with Gasteiger partial charge in [-0.05, 0) is 37.3 Å². The summed E-state index contributed by atoms with van der Waals surface area (Å²) in [6, 6.07) is 14.4. The maximum absolute atomic E-state index is 12.1. The van der Waals surface area contributed by atoms with E-state index in [4.69, 9.17) is 11.6 Å². The van der Waals surface area contributed by atoms with Gasteiger partial charge in [0.25, 0.3) is 0 Å². The van der Waals surface area contributed by atoms with Gasteiger partial charge in [0.1, 0.15) is 0 Å². The van der Waals surface area contributed by atoms with Gasteiger partial charge in [0.15, 0.2) is 0 Å². The van der Waals surface area contributed by atoms with Crippen LogP contribution in [0.3, 0.4) is 0 Å². The first-order chi connectivity index (χ1) is 9.97. The van der Waals surface area contributed by atoms with E-state index in [1.54, 1.807) is 23.9 Å². The van der Waals surface area contributed by atoms with Crippen molar-refractivity contribution in [1.82, 2.24) is 4.72 Å². The van der Waals surface area contributed by atoms with Crippen molar-refractivity contribution in [3.05, 3.63) is 59.1 Å². The van der Waals surface area contributed by atoms with Gasteiger partial charge in [0.05, 0.1) is 4.90 Å². The predicted molar refractivity (Wildman–Crippen MR) is 88.5 cm³/mol. The molecule has 2 aromatic rings. The van der Waals surface area contributed by atoms with Crippen molar-refractivity contribution in [2.75, 3.05) is 12.3 Å². The molecule has 0 aliphatic rings. The summed E-state index contributed by atoms with van der Waals surface area (Å²) < 4.78 is 26.7. The summed E-state index contributed by atoms with van der Waals surface area (Å²) in [5.74, 6) is 0.670. The SMILES string of the molecule is Cc1ccc(SCCNS(=O)(=O)c2cccc(Cl)c2)cc1. The second-order valence-electron chi connectivity index (χ2n) is 4.52. The summed E-state index contributed by atoms with van der Waals surface area (Å²) in [6.45, 7) is 2.40. The molecule has 0 atom stereocenters. The average Bonchev–Trinajstić information content (AvgIpc) is 2.45. The number of aryl methyl sites for hydroxylation is 1.